The number of piperidine rings is 1. The average Bonchev–Trinajstić information content (AvgIpc) is 2.41. The van der Waals surface area contributed by atoms with Crippen molar-refractivity contribution < 1.29 is 14.7 Å². The van der Waals surface area contributed by atoms with Crippen LogP contribution in [0.2, 0.25) is 0 Å². The van der Waals surface area contributed by atoms with Gasteiger partial charge in [0.25, 0.3) is 0 Å². The Balaban J connectivity index is 1.83. The number of nitrogens with one attached hydrogen (secondary N) is 1. The van der Waals surface area contributed by atoms with Crippen LogP contribution in [0, 0.1) is 5.92 Å². The maximum Gasteiger partial charge on any atom is 0.311 e. The lowest BCUT2D eigenvalue weighted by atomic mass is 9.92. The highest BCUT2D eigenvalue weighted by molar-refractivity contribution is 6.35. The van der Waals surface area contributed by atoms with Gasteiger partial charge in [0.1, 0.15) is 0 Å². The Bertz CT molecular complexity index is 338. The zero-order chi connectivity index (χ0) is 13.8. The van der Waals surface area contributed by atoms with Crippen molar-refractivity contribution in [2.24, 2.45) is 5.92 Å². The van der Waals surface area contributed by atoms with E-state index in [0.717, 1.165) is 32.1 Å². The summed E-state index contributed by atoms with van der Waals surface area (Å²) >= 11 is 0. The number of hydrogen-bond acceptors (Lipinski definition) is 3. The Morgan fingerprint density at radius 2 is 1.74 bits per heavy atom. The SMILES string of the molecule is CC1CCN(C(=O)C(=O)NC2CCCCC2O)CC1. The van der Waals surface area contributed by atoms with Crippen LogP contribution in [0.4, 0.5) is 0 Å². The molecule has 5 nitrogen and oxygen atoms in total. The van der Waals surface area contributed by atoms with Gasteiger partial charge in [-0.25, -0.2) is 0 Å². The molecule has 0 bridgehead atoms. The number of rotatable bonds is 1. The first-order valence-corrected chi connectivity index (χ1v) is 7.35. The highest BCUT2D eigenvalue weighted by Gasteiger charge is 2.30. The molecule has 1 saturated heterocycles. The molecule has 1 aliphatic carbocycles. The standard InChI is InChI=1S/C14H24N2O3/c1-10-6-8-16(9-7-10)14(19)13(18)15-11-4-2-3-5-12(11)17/h10-12,17H,2-9H2,1H3,(H,15,18). The summed E-state index contributed by atoms with van der Waals surface area (Å²) < 4.78 is 0. The molecule has 2 atom stereocenters. The summed E-state index contributed by atoms with van der Waals surface area (Å²) in [5.74, 6) is -0.363. The van der Waals surface area contributed by atoms with Crippen LogP contribution in [0.25, 0.3) is 0 Å². The van der Waals surface area contributed by atoms with E-state index in [9.17, 15) is 14.7 Å². The second-order valence-electron chi connectivity index (χ2n) is 5.91. The van der Waals surface area contributed by atoms with Gasteiger partial charge in [-0.15, -0.1) is 0 Å². The van der Waals surface area contributed by atoms with Crippen LogP contribution >= 0.6 is 0 Å². The molecule has 108 valence electrons. The molecule has 2 aliphatic rings. The van der Waals surface area contributed by atoms with Crippen molar-refractivity contribution in [3.8, 4) is 0 Å². The zero-order valence-corrected chi connectivity index (χ0v) is 11.6. The van der Waals surface area contributed by atoms with Gasteiger partial charge in [-0.05, 0) is 31.6 Å². The molecule has 0 aromatic rings. The molecular formula is C14H24N2O3. The van der Waals surface area contributed by atoms with Crippen molar-refractivity contribution in [3.63, 3.8) is 0 Å². The van der Waals surface area contributed by atoms with Crippen molar-refractivity contribution in [1.82, 2.24) is 10.2 Å². The summed E-state index contributed by atoms with van der Waals surface area (Å²) in [6.07, 6.45) is 4.88. The molecule has 1 saturated carbocycles. The fourth-order valence-electron chi connectivity index (χ4n) is 2.87. The summed E-state index contributed by atoms with van der Waals surface area (Å²) in [4.78, 5) is 25.6. The molecule has 5 heteroatoms. The Kier molecular flexibility index (Phi) is 4.80. The second-order valence-corrected chi connectivity index (χ2v) is 5.91. The zero-order valence-electron chi connectivity index (χ0n) is 11.6. The number of nitrogens with zero attached hydrogens (tertiary/aromatic N) is 1. The summed E-state index contributed by atoms with van der Waals surface area (Å²) in [6.45, 7) is 3.50. The monoisotopic (exact) mass is 268 g/mol. The molecule has 0 aromatic carbocycles. The molecule has 2 fully saturated rings. The molecule has 1 aliphatic heterocycles. The normalized spacial score (nSPS) is 29.1. The van der Waals surface area contributed by atoms with Gasteiger partial charge < -0.3 is 15.3 Å². The van der Waals surface area contributed by atoms with E-state index in [1.54, 1.807) is 4.90 Å². The minimum atomic E-state index is -0.555. The summed E-state index contributed by atoms with van der Waals surface area (Å²) in [7, 11) is 0. The quantitative estimate of drug-likeness (QED) is 0.687. The molecule has 0 radical (unpaired) electrons. The fraction of sp³-hybridized carbons (Fsp3) is 0.857. The first kappa shape index (κ1) is 14.3. The molecule has 2 rings (SSSR count). The predicted molar refractivity (Wildman–Crippen MR) is 71.4 cm³/mol. The number of likely N-dealkylation sites (tertiary alicyclic amines) is 1. The summed E-state index contributed by atoms with van der Waals surface area (Å²) in [5, 5.41) is 12.5. The van der Waals surface area contributed by atoms with Gasteiger partial charge in [-0.3, -0.25) is 9.59 Å². The summed E-state index contributed by atoms with van der Waals surface area (Å²) in [6, 6.07) is -0.256. The van der Waals surface area contributed by atoms with Crippen LogP contribution in [0.5, 0.6) is 0 Å². The van der Waals surface area contributed by atoms with E-state index in [0.29, 0.717) is 25.4 Å². The number of carbonyl (C=O) groups is 2. The molecule has 1 heterocycles. The summed E-state index contributed by atoms with van der Waals surface area (Å²) in [5.41, 5.74) is 0. The van der Waals surface area contributed by atoms with Crippen LogP contribution in [-0.4, -0.2) is 47.1 Å². The third-order valence-electron chi connectivity index (χ3n) is 4.31. The third-order valence-corrected chi connectivity index (χ3v) is 4.31. The Morgan fingerprint density at radius 3 is 2.37 bits per heavy atom. The molecular weight excluding hydrogens is 244 g/mol. The van der Waals surface area contributed by atoms with Crippen LogP contribution in [0.15, 0.2) is 0 Å². The number of aliphatic hydroxyl groups is 1. The van der Waals surface area contributed by atoms with Gasteiger partial charge >= 0.3 is 11.8 Å². The van der Waals surface area contributed by atoms with E-state index in [-0.39, 0.29) is 6.04 Å². The third kappa shape index (κ3) is 3.69. The van der Waals surface area contributed by atoms with E-state index in [4.69, 9.17) is 0 Å². The molecule has 2 amide bonds. The highest BCUT2D eigenvalue weighted by Crippen LogP contribution is 2.19. The lowest BCUT2D eigenvalue weighted by Crippen LogP contribution is -2.52. The topological polar surface area (TPSA) is 69.6 Å². The average molecular weight is 268 g/mol. The van der Waals surface area contributed by atoms with Gasteiger partial charge in [-0.2, -0.15) is 0 Å². The van der Waals surface area contributed by atoms with E-state index in [2.05, 4.69) is 12.2 Å². The lowest BCUT2D eigenvalue weighted by Gasteiger charge is -2.32. The van der Waals surface area contributed by atoms with Crippen LogP contribution in [0.3, 0.4) is 0 Å². The number of hydrogen-bond donors (Lipinski definition) is 2. The Hall–Kier alpha value is -1.10. The van der Waals surface area contributed by atoms with Gasteiger partial charge in [0.05, 0.1) is 12.1 Å². The second kappa shape index (κ2) is 6.37. The van der Waals surface area contributed by atoms with E-state index in [1.807, 2.05) is 0 Å². The number of amides is 2. The van der Waals surface area contributed by atoms with Gasteiger partial charge in [0.15, 0.2) is 0 Å². The highest BCUT2D eigenvalue weighted by atomic mass is 16.3. The first-order chi connectivity index (χ1) is 9.08. The van der Waals surface area contributed by atoms with Crippen LogP contribution < -0.4 is 5.32 Å². The largest absolute Gasteiger partial charge is 0.391 e. The van der Waals surface area contributed by atoms with Crippen molar-refractivity contribution in [2.75, 3.05) is 13.1 Å². The van der Waals surface area contributed by atoms with Gasteiger partial charge in [0.2, 0.25) is 0 Å². The molecule has 0 aromatic heterocycles. The number of carbonyl (C=O) groups excluding carboxylic acids is 2. The van der Waals surface area contributed by atoms with E-state index in [1.165, 1.54) is 0 Å². The minimum Gasteiger partial charge on any atom is -0.391 e. The molecule has 19 heavy (non-hydrogen) atoms. The molecule has 2 unspecified atom stereocenters. The maximum absolute atomic E-state index is 12.0. The van der Waals surface area contributed by atoms with E-state index >= 15 is 0 Å². The lowest BCUT2D eigenvalue weighted by molar-refractivity contribution is -0.147. The minimum absolute atomic E-state index is 0.256. The Morgan fingerprint density at radius 1 is 1.11 bits per heavy atom. The number of aliphatic hydroxyl groups excluding tert-OH is 1. The smallest absolute Gasteiger partial charge is 0.311 e. The van der Waals surface area contributed by atoms with Crippen LogP contribution in [-0.2, 0) is 9.59 Å². The van der Waals surface area contributed by atoms with Crippen molar-refractivity contribution >= 4 is 11.8 Å². The molecule has 2 N–H and O–H groups in total. The van der Waals surface area contributed by atoms with Gasteiger partial charge in [0, 0.05) is 13.1 Å². The maximum atomic E-state index is 12.0. The van der Waals surface area contributed by atoms with Crippen molar-refractivity contribution in [2.45, 2.75) is 57.6 Å². The van der Waals surface area contributed by atoms with Crippen molar-refractivity contribution in [3.05, 3.63) is 0 Å². The predicted octanol–water partition coefficient (Wildman–Crippen LogP) is 0.665. The first-order valence-electron chi connectivity index (χ1n) is 7.35. The van der Waals surface area contributed by atoms with Gasteiger partial charge in [-0.1, -0.05) is 19.8 Å². The van der Waals surface area contributed by atoms with Crippen LogP contribution in [0.1, 0.15) is 45.4 Å². The Labute approximate surface area is 114 Å². The van der Waals surface area contributed by atoms with E-state index < -0.39 is 17.9 Å². The van der Waals surface area contributed by atoms with Crippen molar-refractivity contribution in [1.29, 1.82) is 0 Å². The fourth-order valence-corrected chi connectivity index (χ4v) is 2.87. The molecule has 0 spiro atoms.